The zero-order chi connectivity index (χ0) is 22.7. The Balaban J connectivity index is 1.63. The molecule has 1 fully saturated rings. The van der Waals surface area contributed by atoms with Crippen LogP contribution in [-0.4, -0.2) is 48.3 Å². The van der Waals surface area contributed by atoms with Gasteiger partial charge in [-0.25, -0.2) is 0 Å². The van der Waals surface area contributed by atoms with E-state index in [1.54, 1.807) is 16.9 Å². The third-order valence-electron chi connectivity index (χ3n) is 6.51. The maximum atomic E-state index is 13.6. The molecule has 6 nitrogen and oxygen atoms in total. The van der Waals surface area contributed by atoms with Crippen LogP contribution in [0.4, 0.5) is 5.69 Å². The first kappa shape index (κ1) is 22.1. The first-order valence-electron chi connectivity index (χ1n) is 11.4. The van der Waals surface area contributed by atoms with Crippen molar-refractivity contribution in [3.63, 3.8) is 0 Å². The van der Waals surface area contributed by atoms with Gasteiger partial charge in [0.05, 0.1) is 7.11 Å². The summed E-state index contributed by atoms with van der Waals surface area (Å²) in [4.78, 5) is 35.4. The Labute approximate surface area is 189 Å². The highest BCUT2D eigenvalue weighted by Gasteiger charge is 2.48. The molecule has 0 bridgehead atoms. The molecule has 0 aromatic heterocycles. The fraction of sp³-hybridized carbons (Fsp3) is 0.423. The third-order valence-corrected chi connectivity index (χ3v) is 6.51. The minimum Gasteiger partial charge on any atom is -0.497 e. The number of likely N-dealkylation sites (N-methyl/N-ethyl adjacent to an activating group) is 1. The van der Waals surface area contributed by atoms with Gasteiger partial charge in [-0.05, 0) is 81.5 Å². The molecule has 0 saturated heterocycles. The summed E-state index contributed by atoms with van der Waals surface area (Å²) in [6.45, 7) is 4.55. The lowest BCUT2D eigenvalue weighted by molar-refractivity contribution is -0.134. The normalized spacial score (nSPS) is 17.4. The van der Waals surface area contributed by atoms with E-state index in [2.05, 4.69) is 0 Å². The molecule has 32 heavy (non-hydrogen) atoms. The minimum atomic E-state index is -0.619. The van der Waals surface area contributed by atoms with E-state index in [-0.39, 0.29) is 18.4 Å². The van der Waals surface area contributed by atoms with Crippen LogP contribution in [-0.2, 0) is 9.59 Å². The predicted octanol–water partition coefficient (Wildman–Crippen LogP) is 4.35. The molecular formula is C26H31N3O3. The lowest BCUT2D eigenvalue weighted by Crippen LogP contribution is -2.52. The van der Waals surface area contributed by atoms with E-state index in [0.717, 1.165) is 54.7 Å². The fourth-order valence-corrected chi connectivity index (χ4v) is 4.81. The molecule has 0 atom stereocenters. The van der Waals surface area contributed by atoms with Crippen LogP contribution in [0.15, 0.2) is 53.5 Å². The molecule has 2 amide bonds. The van der Waals surface area contributed by atoms with E-state index in [4.69, 9.17) is 9.73 Å². The van der Waals surface area contributed by atoms with Crippen molar-refractivity contribution in [1.82, 2.24) is 4.90 Å². The zero-order valence-corrected chi connectivity index (χ0v) is 19.1. The number of rotatable bonds is 6. The molecule has 2 aromatic rings. The summed E-state index contributed by atoms with van der Waals surface area (Å²) in [5, 5.41) is 0. The van der Waals surface area contributed by atoms with Crippen LogP contribution in [0.25, 0.3) is 0 Å². The van der Waals surface area contributed by atoms with Crippen LogP contribution in [0, 0.1) is 6.92 Å². The van der Waals surface area contributed by atoms with Gasteiger partial charge in [0.25, 0.3) is 5.91 Å². The Morgan fingerprint density at radius 2 is 1.84 bits per heavy atom. The number of hydrogen-bond donors (Lipinski definition) is 0. The van der Waals surface area contributed by atoms with Gasteiger partial charge in [-0.2, -0.15) is 0 Å². The second-order valence-electron chi connectivity index (χ2n) is 8.60. The summed E-state index contributed by atoms with van der Waals surface area (Å²) < 4.78 is 5.25. The SMILES string of the molecule is CCN(C(=O)CN1C(=O)C(c2ccc(OC)cc2)=NC12CCCCC2)c1cccc(C)c1. The Morgan fingerprint density at radius 3 is 2.47 bits per heavy atom. The summed E-state index contributed by atoms with van der Waals surface area (Å²) in [5.74, 6) is 0.490. The van der Waals surface area contributed by atoms with Gasteiger partial charge in [0, 0.05) is 17.8 Å². The maximum absolute atomic E-state index is 13.6. The molecule has 1 spiro atoms. The van der Waals surface area contributed by atoms with Crippen LogP contribution in [0.2, 0.25) is 0 Å². The van der Waals surface area contributed by atoms with E-state index in [1.807, 2.05) is 62.4 Å². The number of carbonyl (C=O) groups is 2. The summed E-state index contributed by atoms with van der Waals surface area (Å²) in [6.07, 6.45) is 4.74. The molecule has 1 aliphatic carbocycles. The number of methoxy groups -OCH3 is 1. The van der Waals surface area contributed by atoms with Crippen molar-refractivity contribution in [1.29, 1.82) is 0 Å². The highest BCUT2D eigenvalue weighted by atomic mass is 16.5. The summed E-state index contributed by atoms with van der Waals surface area (Å²) in [7, 11) is 1.62. The lowest BCUT2D eigenvalue weighted by Gasteiger charge is -2.39. The van der Waals surface area contributed by atoms with Gasteiger partial charge in [0.2, 0.25) is 5.91 Å². The average Bonchev–Trinajstić information content (AvgIpc) is 3.06. The highest BCUT2D eigenvalue weighted by Crippen LogP contribution is 2.39. The smallest absolute Gasteiger partial charge is 0.275 e. The number of benzene rings is 2. The van der Waals surface area contributed by atoms with Crippen molar-refractivity contribution in [2.24, 2.45) is 4.99 Å². The average molecular weight is 434 g/mol. The molecular weight excluding hydrogens is 402 g/mol. The molecule has 2 aromatic carbocycles. The molecule has 2 aliphatic rings. The predicted molar refractivity (Wildman–Crippen MR) is 126 cm³/mol. The quantitative estimate of drug-likeness (QED) is 0.680. The van der Waals surface area contributed by atoms with E-state index >= 15 is 0 Å². The van der Waals surface area contributed by atoms with Gasteiger partial charge >= 0.3 is 0 Å². The Hall–Kier alpha value is -3.15. The molecule has 1 heterocycles. The molecule has 168 valence electrons. The lowest BCUT2D eigenvalue weighted by atomic mass is 9.88. The van der Waals surface area contributed by atoms with E-state index < -0.39 is 5.66 Å². The minimum absolute atomic E-state index is 0.0315. The van der Waals surface area contributed by atoms with E-state index in [0.29, 0.717) is 12.3 Å². The first-order chi connectivity index (χ1) is 15.5. The Morgan fingerprint density at radius 1 is 1.12 bits per heavy atom. The van der Waals surface area contributed by atoms with Crippen molar-refractivity contribution in [3.05, 3.63) is 59.7 Å². The number of nitrogens with zero attached hydrogens (tertiary/aromatic N) is 3. The molecule has 0 unspecified atom stereocenters. The maximum Gasteiger partial charge on any atom is 0.275 e. The van der Waals surface area contributed by atoms with E-state index in [1.165, 1.54) is 0 Å². The van der Waals surface area contributed by atoms with Gasteiger partial charge in [0.15, 0.2) is 0 Å². The van der Waals surface area contributed by atoms with Gasteiger partial charge in [-0.1, -0.05) is 18.6 Å². The number of amides is 2. The first-order valence-corrected chi connectivity index (χ1v) is 11.4. The number of hydrogen-bond acceptors (Lipinski definition) is 4. The second-order valence-corrected chi connectivity index (χ2v) is 8.60. The molecule has 0 radical (unpaired) electrons. The number of ether oxygens (including phenoxy) is 1. The van der Waals surface area contributed by atoms with Crippen molar-refractivity contribution in [3.8, 4) is 5.75 Å². The van der Waals surface area contributed by atoms with Crippen LogP contribution in [0.3, 0.4) is 0 Å². The summed E-state index contributed by atoms with van der Waals surface area (Å²) >= 11 is 0. The van der Waals surface area contributed by atoms with Crippen LogP contribution in [0.1, 0.15) is 50.2 Å². The number of anilines is 1. The molecule has 0 N–H and O–H groups in total. The van der Waals surface area contributed by atoms with Crippen molar-refractivity contribution < 1.29 is 14.3 Å². The largest absolute Gasteiger partial charge is 0.497 e. The van der Waals surface area contributed by atoms with Gasteiger partial charge in [-0.3, -0.25) is 14.6 Å². The van der Waals surface area contributed by atoms with E-state index in [9.17, 15) is 9.59 Å². The number of aryl methyl sites for hydroxylation is 1. The third kappa shape index (κ3) is 4.14. The molecule has 1 aliphatic heterocycles. The highest BCUT2D eigenvalue weighted by molar-refractivity contribution is 6.47. The van der Waals surface area contributed by atoms with Crippen molar-refractivity contribution >= 4 is 23.2 Å². The molecule has 4 rings (SSSR count). The Kier molecular flexibility index (Phi) is 6.31. The van der Waals surface area contributed by atoms with Crippen molar-refractivity contribution in [2.45, 2.75) is 51.6 Å². The fourth-order valence-electron chi connectivity index (χ4n) is 4.81. The molecule has 6 heteroatoms. The van der Waals surface area contributed by atoms with Crippen LogP contribution < -0.4 is 9.64 Å². The van der Waals surface area contributed by atoms with Crippen LogP contribution >= 0.6 is 0 Å². The number of aliphatic imine (C=N–C) groups is 1. The molecule has 1 saturated carbocycles. The Bertz CT molecular complexity index is 1020. The zero-order valence-electron chi connectivity index (χ0n) is 19.1. The summed E-state index contributed by atoms with van der Waals surface area (Å²) in [5.41, 5.74) is 2.55. The van der Waals surface area contributed by atoms with Crippen LogP contribution in [0.5, 0.6) is 5.75 Å². The summed E-state index contributed by atoms with van der Waals surface area (Å²) in [6, 6.07) is 15.3. The number of carbonyl (C=O) groups excluding carboxylic acids is 2. The van der Waals surface area contributed by atoms with Gasteiger partial charge < -0.3 is 14.5 Å². The topological polar surface area (TPSA) is 62.2 Å². The standard InChI is InChI=1S/C26H31N3O3/c1-4-28(21-10-8-9-19(2)17-21)23(30)18-29-25(31)24(20-11-13-22(32-3)14-12-20)27-26(29)15-6-5-7-16-26/h8-14,17H,4-7,15-16,18H2,1-3H3. The second kappa shape index (κ2) is 9.15. The van der Waals surface area contributed by atoms with Gasteiger partial charge in [-0.15, -0.1) is 0 Å². The van der Waals surface area contributed by atoms with Crippen molar-refractivity contribution in [2.75, 3.05) is 25.1 Å². The van der Waals surface area contributed by atoms with Gasteiger partial charge in [0.1, 0.15) is 23.7 Å². The monoisotopic (exact) mass is 433 g/mol.